The van der Waals surface area contributed by atoms with Crippen molar-refractivity contribution in [1.29, 1.82) is 0 Å². The molecule has 4 rings (SSSR count). The molecule has 3 heteroatoms. The van der Waals surface area contributed by atoms with Gasteiger partial charge in [0.25, 0.3) is 0 Å². The molecule has 3 saturated carbocycles. The van der Waals surface area contributed by atoms with E-state index < -0.39 is 0 Å². The summed E-state index contributed by atoms with van der Waals surface area (Å²) in [5, 5.41) is 3.41. The molecule has 0 aromatic heterocycles. The molecule has 3 nitrogen and oxygen atoms in total. The Kier molecular flexibility index (Phi) is 11.0. The summed E-state index contributed by atoms with van der Waals surface area (Å²) in [6.45, 7) is 17.4. The number of allylic oxidation sites excluding steroid dienone is 1. The molecule has 0 spiro atoms. The number of carbonyl (C=O) groups is 1. The van der Waals surface area contributed by atoms with E-state index in [0.29, 0.717) is 17.1 Å². The van der Waals surface area contributed by atoms with Gasteiger partial charge in [0.2, 0.25) is 0 Å². The van der Waals surface area contributed by atoms with Gasteiger partial charge in [0.05, 0.1) is 6.04 Å². The highest BCUT2D eigenvalue weighted by Crippen LogP contribution is 2.66. The number of nitroso groups, excluding NO2 is 1. The van der Waals surface area contributed by atoms with Crippen molar-refractivity contribution in [3.63, 3.8) is 0 Å². The zero-order valence-electron chi connectivity index (χ0n) is 23.8. The van der Waals surface area contributed by atoms with E-state index in [1.54, 1.807) is 5.57 Å². The Balaban J connectivity index is 0.000000970. The molecule has 4 aliphatic rings. The van der Waals surface area contributed by atoms with Crippen molar-refractivity contribution in [3.8, 4) is 0 Å². The largest absolute Gasteiger partial charge is 0.300 e. The van der Waals surface area contributed by atoms with Crippen LogP contribution >= 0.6 is 0 Å². The molecule has 3 fully saturated rings. The minimum absolute atomic E-state index is 0.00830. The van der Waals surface area contributed by atoms with Crippen LogP contribution in [0.25, 0.3) is 0 Å². The highest BCUT2D eigenvalue weighted by molar-refractivity contribution is 5.78. The van der Waals surface area contributed by atoms with Crippen molar-refractivity contribution in [3.05, 3.63) is 16.6 Å². The molecular weight excluding hydrogens is 418 g/mol. The Labute approximate surface area is 211 Å². The summed E-state index contributed by atoms with van der Waals surface area (Å²) >= 11 is 0. The normalized spacial score (nSPS) is 38.5. The van der Waals surface area contributed by atoms with Crippen LogP contribution in [0.5, 0.6) is 0 Å². The summed E-state index contributed by atoms with van der Waals surface area (Å²) in [6.07, 6.45) is 16.1. The number of hydrogen-bond donors (Lipinski definition) is 0. The Hall–Kier alpha value is -0.990. The van der Waals surface area contributed by atoms with E-state index >= 15 is 0 Å². The van der Waals surface area contributed by atoms with E-state index in [9.17, 15) is 9.70 Å². The molecule has 0 aromatic rings. The fourth-order valence-electron chi connectivity index (χ4n) is 8.45. The van der Waals surface area contributed by atoms with Crippen LogP contribution in [0, 0.1) is 45.3 Å². The van der Waals surface area contributed by atoms with E-state index in [1.165, 1.54) is 38.5 Å². The lowest BCUT2D eigenvalue weighted by Crippen LogP contribution is -2.47. The lowest BCUT2D eigenvalue weighted by molar-refractivity contribution is -0.120. The second-order valence-electron chi connectivity index (χ2n) is 12.1. The molecule has 0 N–H and O–H groups in total. The van der Waals surface area contributed by atoms with Gasteiger partial charge in [0.1, 0.15) is 5.78 Å². The molecule has 4 aliphatic carbocycles. The first-order valence-electron chi connectivity index (χ1n) is 14.8. The van der Waals surface area contributed by atoms with Gasteiger partial charge in [-0.3, -0.25) is 4.79 Å². The van der Waals surface area contributed by atoms with Crippen LogP contribution in [0.1, 0.15) is 132 Å². The summed E-state index contributed by atoms with van der Waals surface area (Å²) in [7, 11) is 0. The minimum Gasteiger partial charge on any atom is -0.300 e. The maximum Gasteiger partial charge on any atom is 0.133 e. The lowest BCUT2D eigenvalue weighted by atomic mass is 9.50. The molecule has 0 heterocycles. The topological polar surface area (TPSA) is 46.5 Å². The van der Waals surface area contributed by atoms with Crippen LogP contribution in [0.3, 0.4) is 0 Å². The molecule has 34 heavy (non-hydrogen) atoms. The Morgan fingerprint density at radius 3 is 2.35 bits per heavy atom. The smallest absolute Gasteiger partial charge is 0.133 e. The van der Waals surface area contributed by atoms with Crippen LogP contribution in [0.2, 0.25) is 0 Å². The van der Waals surface area contributed by atoms with Crippen LogP contribution in [0.4, 0.5) is 0 Å². The zero-order valence-corrected chi connectivity index (χ0v) is 23.8. The number of nitrogens with zero attached hydrogens (tertiary/aromatic N) is 1. The van der Waals surface area contributed by atoms with Gasteiger partial charge in [-0.1, -0.05) is 72.2 Å². The first-order chi connectivity index (χ1) is 16.3. The highest BCUT2D eigenvalue weighted by atomic mass is 16.3. The number of hydrogen-bond acceptors (Lipinski definition) is 3. The average molecular weight is 474 g/mol. The summed E-state index contributed by atoms with van der Waals surface area (Å²) < 4.78 is 0. The maximum atomic E-state index is 12.4. The number of ketones is 1. The van der Waals surface area contributed by atoms with Crippen molar-refractivity contribution in [2.45, 2.75) is 138 Å². The Morgan fingerprint density at radius 2 is 1.71 bits per heavy atom. The third-order valence-corrected chi connectivity index (χ3v) is 10.1. The van der Waals surface area contributed by atoms with Crippen molar-refractivity contribution in [2.75, 3.05) is 0 Å². The van der Waals surface area contributed by atoms with Crippen LogP contribution in [-0.4, -0.2) is 11.8 Å². The first-order valence-corrected chi connectivity index (χ1v) is 14.8. The molecule has 7 atom stereocenters. The van der Waals surface area contributed by atoms with E-state index in [2.05, 4.69) is 38.9 Å². The van der Waals surface area contributed by atoms with Gasteiger partial charge < -0.3 is 0 Å². The fourth-order valence-corrected chi connectivity index (χ4v) is 8.45. The van der Waals surface area contributed by atoms with Crippen molar-refractivity contribution in [2.24, 2.45) is 45.6 Å². The van der Waals surface area contributed by atoms with Crippen LogP contribution in [0.15, 0.2) is 16.8 Å². The van der Waals surface area contributed by atoms with Gasteiger partial charge >= 0.3 is 0 Å². The average Bonchev–Trinajstić information content (AvgIpc) is 3.09. The zero-order chi connectivity index (χ0) is 25.5. The van der Waals surface area contributed by atoms with Gasteiger partial charge in [-0.15, -0.1) is 0 Å². The number of carbonyl (C=O) groups excluding carboxylic acids is 1. The highest BCUT2D eigenvalue weighted by Gasteiger charge is 2.57. The molecule has 0 aromatic carbocycles. The minimum atomic E-state index is 0.00830. The molecular formula is C31H55NO2. The standard InChI is InChI=1S/C27H43NO2.2C2H6/c1-18(2)16-22(29)10-8-19-9-11-24-23-7-5-6-20-17-21(28-30)12-14-27(20,4)25(23)13-15-26(19,24)3;2*1-2/h6,18-19,21,23-25H,5,7-17H2,1-4H3;2*1-2H3/t19?,21-,23?,24?,25?,26+,27-;;/m0../s1. The first kappa shape index (κ1) is 29.2. The van der Waals surface area contributed by atoms with Crippen molar-refractivity contribution >= 4 is 5.78 Å². The summed E-state index contributed by atoms with van der Waals surface area (Å²) in [5.41, 5.74) is 2.28. The predicted octanol–water partition coefficient (Wildman–Crippen LogP) is 9.54. The van der Waals surface area contributed by atoms with Gasteiger partial charge in [-0.05, 0) is 105 Å². The number of rotatable bonds is 6. The van der Waals surface area contributed by atoms with Gasteiger partial charge in [-0.25, -0.2) is 0 Å². The van der Waals surface area contributed by atoms with E-state index in [0.717, 1.165) is 62.2 Å². The van der Waals surface area contributed by atoms with E-state index in [1.807, 2.05) is 27.7 Å². The molecule has 0 radical (unpaired) electrons. The Bertz CT molecular complexity index is 698. The van der Waals surface area contributed by atoms with Crippen molar-refractivity contribution in [1.82, 2.24) is 0 Å². The quantitative estimate of drug-likeness (QED) is 0.285. The predicted molar refractivity (Wildman–Crippen MR) is 146 cm³/mol. The second kappa shape index (κ2) is 12.8. The molecule has 0 saturated heterocycles. The third kappa shape index (κ3) is 5.86. The summed E-state index contributed by atoms with van der Waals surface area (Å²) in [4.78, 5) is 23.6. The summed E-state index contributed by atoms with van der Waals surface area (Å²) in [6, 6.07) is 0.00830. The maximum absolute atomic E-state index is 12.4. The van der Waals surface area contributed by atoms with Gasteiger partial charge in [0.15, 0.2) is 0 Å². The molecule has 196 valence electrons. The fraction of sp³-hybridized carbons (Fsp3) is 0.903. The van der Waals surface area contributed by atoms with E-state index in [-0.39, 0.29) is 11.5 Å². The SMILES string of the molecule is CC.CC.CC(C)CC(=O)CCC1CCC2C3CCC=C4C[C@@H](N=O)CC[C@]4(C)C3CC[C@]12C. The monoisotopic (exact) mass is 473 g/mol. The summed E-state index contributed by atoms with van der Waals surface area (Å²) in [5.74, 6) is 4.11. The van der Waals surface area contributed by atoms with Crippen LogP contribution in [-0.2, 0) is 4.79 Å². The van der Waals surface area contributed by atoms with Crippen LogP contribution < -0.4 is 0 Å². The molecule has 0 amide bonds. The van der Waals surface area contributed by atoms with Gasteiger partial charge in [0, 0.05) is 12.8 Å². The molecule has 0 bridgehead atoms. The number of fused-ring (bicyclic) bond motifs is 5. The van der Waals surface area contributed by atoms with Crippen molar-refractivity contribution < 1.29 is 4.79 Å². The lowest BCUT2D eigenvalue weighted by Gasteiger charge is -2.55. The van der Waals surface area contributed by atoms with E-state index in [4.69, 9.17) is 0 Å². The second-order valence-corrected chi connectivity index (χ2v) is 12.1. The molecule has 0 aliphatic heterocycles. The Morgan fingerprint density at radius 1 is 1.00 bits per heavy atom. The van der Waals surface area contributed by atoms with Gasteiger partial charge in [-0.2, -0.15) is 4.91 Å². The number of Topliss-reactive ketones (excluding diaryl/α,β-unsaturated/α-hetero) is 1. The molecule has 4 unspecified atom stereocenters. The third-order valence-electron chi connectivity index (χ3n) is 10.1.